The molecule has 0 amide bonds. The van der Waals surface area contributed by atoms with Crippen LogP contribution in [0.1, 0.15) is 32.7 Å². The van der Waals surface area contributed by atoms with Crippen LogP contribution >= 0.6 is 0 Å². The van der Waals surface area contributed by atoms with E-state index in [4.69, 9.17) is 0 Å². The molecule has 11 heteroatoms. The second kappa shape index (κ2) is 7.32. The van der Waals surface area contributed by atoms with Gasteiger partial charge in [0.15, 0.2) is 11.6 Å². The zero-order chi connectivity index (χ0) is 20.4. The summed E-state index contributed by atoms with van der Waals surface area (Å²) in [6.45, 7) is 0. The lowest BCUT2D eigenvalue weighted by Gasteiger charge is -2.08. The van der Waals surface area contributed by atoms with Crippen LogP contribution in [-0.4, -0.2) is 21.4 Å². The number of benzene rings is 2. The molecule has 0 unspecified atom stereocenters. The molecule has 2 aromatic rings. The number of non-ortho nitro benzene ring substituents is 1. The number of hydrogen-bond donors (Lipinski definition) is 0. The topological polar surface area (TPSA) is 120 Å². The van der Waals surface area contributed by atoms with Gasteiger partial charge in [-0.1, -0.05) is 0 Å². The number of hydrogen-bond acceptors (Lipinski definition) is 6. The smallest absolute Gasteiger partial charge is 0.294 e. The number of alkyl halides is 3. The van der Waals surface area contributed by atoms with E-state index in [1.165, 1.54) is 0 Å². The van der Waals surface area contributed by atoms with E-state index in [9.17, 15) is 43.0 Å². The lowest BCUT2D eigenvalue weighted by atomic mass is 9.99. The van der Waals surface area contributed by atoms with Gasteiger partial charge in [-0.15, -0.1) is 0 Å². The van der Waals surface area contributed by atoms with E-state index < -0.39 is 50.8 Å². The van der Waals surface area contributed by atoms with Crippen molar-refractivity contribution in [3.05, 3.63) is 79.4 Å². The summed E-state index contributed by atoms with van der Waals surface area (Å²) in [6.07, 6.45) is -5.68. The lowest BCUT2D eigenvalue weighted by Crippen LogP contribution is -2.12. The Balaban J connectivity index is 2.28. The van der Waals surface area contributed by atoms with Crippen molar-refractivity contribution >= 4 is 22.9 Å². The number of carbonyl (C=O) groups is 2. The van der Waals surface area contributed by atoms with Crippen molar-refractivity contribution < 1.29 is 32.6 Å². The van der Waals surface area contributed by atoms with E-state index in [-0.39, 0.29) is 17.3 Å². The average molecular weight is 382 g/mol. The van der Waals surface area contributed by atoms with Gasteiger partial charge in [-0.2, -0.15) is 13.2 Å². The maximum atomic E-state index is 12.7. The molecule has 0 heterocycles. The highest BCUT2D eigenvalue weighted by Gasteiger charge is 2.34. The van der Waals surface area contributed by atoms with Gasteiger partial charge < -0.3 is 0 Å². The second-order valence-corrected chi connectivity index (χ2v) is 5.31. The molecule has 2 rings (SSSR count). The lowest BCUT2D eigenvalue weighted by molar-refractivity contribution is -0.385. The van der Waals surface area contributed by atoms with Crippen LogP contribution in [0.4, 0.5) is 24.5 Å². The third-order valence-electron chi connectivity index (χ3n) is 3.54. The van der Waals surface area contributed by atoms with Gasteiger partial charge in [0.05, 0.1) is 27.4 Å². The van der Waals surface area contributed by atoms with Crippen LogP contribution in [0.2, 0.25) is 0 Å². The Bertz CT molecular complexity index is 938. The summed E-state index contributed by atoms with van der Waals surface area (Å²) in [5.41, 5.74) is -3.33. The normalized spacial score (nSPS) is 11.1. The van der Waals surface area contributed by atoms with Gasteiger partial charge in [-0.3, -0.25) is 29.8 Å². The van der Waals surface area contributed by atoms with Crippen molar-refractivity contribution in [2.75, 3.05) is 0 Å². The Morgan fingerprint density at radius 1 is 0.889 bits per heavy atom. The first-order valence-electron chi connectivity index (χ1n) is 7.17. The SMILES string of the molecule is O=C(CC(=O)c1ccc(C(F)(F)F)cc1[N+](=O)[O-])c1ccc([N+](=O)[O-])cc1. The molecule has 2 aromatic carbocycles. The highest BCUT2D eigenvalue weighted by molar-refractivity contribution is 6.14. The minimum Gasteiger partial charge on any atom is -0.294 e. The molecule has 0 aliphatic carbocycles. The van der Waals surface area contributed by atoms with Gasteiger partial charge in [0.25, 0.3) is 11.4 Å². The summed E-state index contributed by atoms with van der Waals surface area (Å²) in [6, 6.07) is 5.67. The molecular weight excluding hydrogens is 373 g/mol. The number of nitrogens with zero attached hydrogens (tertiary/aromatic N) is 2. The van der Waals surface area contributed by atoms with E-state index in [1.807, 2.05) is 0 Å². The highest BCUT2D eigenvalue weighted by atomic mass is 19.4. The minimum absolute atomic E-state index is 0.0523. The summed E-state index contributed by atoms with van der Waals surface area (Å²) < 4.78 is 38.0. The van der Waals surface area contributed by atoms with Crippen molar-refractivity contribution in [3.8, 4) is 0 Å². The van der Waals surface area contributed by atoms with Gasteiger partial charge in [0, 0.05) is 23.8 Å². The van der Waals surface area contributed by atoms with Crippen molar-refractivity contribution in [2.24, 2.45) is 0 Å². The largest absolute Gasteiger partial charge is 0.416 e. The number of ketones is 2. The fraction of sp³-hybridized carbons (Fsp3) is 0.125. The van der Waals surface area contributed by atoms with Crippen molar-refractivity contribution in [2.45, 2.75) is 12.6 Å². The van der Waals surface area contributed by atoms with Gasteiger partial charge in [0.1, 0.15) is 0 Å². The number of carbonyl (C=O) groups excluding carboxylic acids is 2. The van der Waals surface area contributed by atoms with Gasteiger partial charge in [0.2, 0.25) is 0 Å². The minimum atomic E-state index is -4.83. The molecule has 0 N–H and O–H groups in total. The van der Waals surface area contributed by atoms with Crippen LogP contribution < -0.4 is 0 Å². The number of Topliss-reactive ketones (excluding diaryl/α,β-unsaturated/α-hetero) is 2. The fourth-order valence-corrected chi connectivity index (χ4v) is 2.21. The zero-order valence-corrected chi connectivity index (χ0v) is 13.2. The Labute approximate surface area is 148 Å². The molecule has 0 saturated heterocycles. The summed E-state index contributed by atoms with van der Waals surface area (Å²) in [5, 5.41) is 21.6. The molecule has 0 fully saturated rings. The predicted octanol–water partition coefficient (Wildman–Crippen LogP) is 3.98. The molecule has 0 aromatic heterocycles. The molecule has 0 radical (unpaired) electrons. The first-order chi connectivity index (χ1) is 12.5. The van der Waals surface area contributed by atoms with Crippen molar-refractivity contribution in [1.82, 2.24) is 0 Å². The Morgan fingerprint density at radius 3 is 1.96 bits per heavy atom. The zero-order valence-electron chi connectivity index (χ0n) is 13.2. The van der Waals surface area contributed by atoms with E-state index in [1.54, 1.807) is 0 Å². The predicted molar refractivity (Wildman–Crippen MR) is 84.5 cm³/mol. The highest BCUT2D eigenvalue weighted by Crippen LogP contribution is 2.33. The molecule has 0 aliphatic rings. The number of halogens is 3. The summed E-state index contributed by atoms with van der Waals surface area (Å²) in [5.74, 6) is -1.83. The Kier molecular flexibility index (Phi) is 5.34. The Morgan fingerprint density at radius 2 is 1.48 bits per heavy atom. The van der Waals surface area contributed by atoms with Crippen LogP contribution in [0.25, 0.3) is 0 Å². The molecule has 0 bridgehead atoms. The van der Waals surface area contributed by atoms with Gasteiger partial charge >= 0.3 is 6.18 Å². The average Bonchev–Trinajstić information content (AvgIpc) is 2.60. The Hall–Kier alpha value is -3.63. The third kappa shape index (κ3) is 4.51. The van der Waals surface area contributed by atoms with E-state index in [0.29, 0.717) is 12.1 Å². The molecule has 0 aliphatic heterocycles. The number of rotatable bonds is 6. The van der Waals surface area contributed by atoms with E-state index in [0.717, 1.165) is 24.3 Å². The third-order valence-corrected chi connectivity index (χ3v) is 3.54. The molecule has 0 spiro atoms. The van der Waals surface area contributed by atoms with Crippen LogP contribution in [0, 0.1) is 20.2 Å². The monoisotopic (exact) mass is 382 g/mol. The first-order valence-corrected chi connectivity index (χ1v) is 7.17. The second-order valence-electron chi connectivity index (χ2n) is 5.31. The van der Waals surface area contributed by atoms with Gasteiger partial charge in [-0.05, 0) is 24.3 Å². The first kappa shape index (κ1) is 19.7. The number of nitro benzene ring substituents is 2. The van der Waals surface area contributed by atoms with Crippen LogP contribution in [0.3, 0.4) is 0 Å². The van der Waals surface area contributed by atoms with Gasteiger partial charge in [-0.25, -0.2) is 0 Å². The van der Waals surface area contributed by atoms with Crippen molar-refractivity contribution in [1.29, 1.82) is 0 Å². The number of nitro groups is 2. The van der Waals surface area contributed by atoms with E-state index >= 15 is 0 Å². The quantitative estimate of drug-likeness (QED) is 0.322. The molecule has 0 saturated carbocycles. The van der Waals surface area contributed by atoms with E-state index in [2.05, 4.69) is 0 Å². The maximum absolute atomic E-state index is 12.7. The molecular formula is C16H9F3N2O6. The molecule has 140 valence electrons. The van der Waals surface area contributed by atoms with Crippen LogP contribution in [0.15, 0.2) is 42.5 Å². The van der Waals surface area contributed by atoms with Crippen LogP contribution in [0.5, 0.6) is 0 Å². The maximum Gasteiger partial charge on any atom is 0.416 e. The summed E-state index contributed by atoms with van der Waals surface area (Å²) in [4.78, 5) is 44.0. The molecule has 27 heavy (non-hydrogen) atoms. The molecule has 8 nitrogen and oxygen atoms in total. The standard InChI is InChI=1S/C16H9F3N2O6/c17-16(18,19)10-3-6-12(13(7-10)21(26)27)15(23)8-14(22)9-1-4-11(5-2-9)20(24)25/h1-7H,8H2. The van der Waals surface area contributed by atoms with Crippen LogP contribution in [-0.2, 0) is 6.18 Å². The summed E-state index contributed by atoms with van der Waals surface area (Å²) >= 11 is 0. The fourth-order valence-electron chi connectivity index (χ4n) is 2.21. The summed E-state index contributed by atoms with van der Waals surface area (Å²) in [7, 11) is 0. The molecule has 0 atom stereocenters. The van der Waals surface area contributed by atoms with Crippen molar-refractivity contribution in [3.63, 3.8) is 0 Å².